The maximum Gasteiger partial charge on any atom is 0.304 e. The molecule has 9 nitrogen and oxygen atoms in total. The number of anilines is 1. The molecule has 1 rings (SSSR count). The predicted octanol–water partition coefficient (Wildman–Crippen LogP) is -0.513. The zero-order valence-electron chi connectivity index (χ0n) is 10.6. The predicted molar refractivity (Wildman–Crippen MR) is 72.2 cm³/mol. The Balaban J connectivity index is 3.25. The Labute approximate surface area is 117 Å². The standard InChI is InChI=1S/C10H14N4O5S/c1-5(15)7-2-6(14(18)19)10(20-7)13(3-8(11)16)4-9(12)17/h2,5,15H,3-4H2,1H3,(H2,11,16)(H2,12,17)/t5-/m1/s1. The van der Waals surface area contributed by atoms with Gasteiger partial charge >= 0.3 is 5.69 Å². The summed E-state index contributed by atoms with van der Waals surface area (Å²) in [4.78, 5) is 33.8. The summed E-state index contributed by atoms with van der Waals surface area (Å²) in [5.74, 6) is -1.51. The van der Waals surface area contributed by atoms with Gasteiger partial charge in [0.25, 0.3) is 0 Å². The molecule has 0 fully saturated rings. The highest BCUT2D eigenvalue weighted by Crippen LogP contribution is 2.39. The van der Waals surface area contributed by atoms with E-state index in [1.165, 1.54) is 13.0 Å². The van der Waals surface area contributed by atoms with Crippen LogP contribution >= 0.6 is 11.3 Å². The Morgan fingerprint density at radius 1 is 1.45 bits per heavy atom. The number of carbonyl (C=O) groups excluding carboxylic acids is 2. The fourth-order valence-electron chi connectivity index (χ4n) is 1.53. The smallest absolute Gasteiger partial charge is 0.304 e. The summed E-state index contributed by atoms with van der Waals surface area (Å²) >= 11 is 0.907. The molecule has 110 valence electrons. The van der Waals surface area contributed by atoms with Crippen LogP contribution in [0, 0.1) is 10.1 Å². The van der Waals surface area contributed by atoms with E-state index in [2.05, 4.69) is 0 Å². The van der Waals surface area contributed by atoms with Crippen molar-refractivity contribution in [3.8, 4) is 0 Å². The van der Waals surface area contributed by atoms with Crippen molar-refractivity contribution in [1.82, 2.24) is 0 Å². The summed E-state index contributed by atoms with van der Waals surface area (Å²) in [5.41, 5.74) is 9.79. The summed E-state index contributed by atoms with van der Waals surface area (Å²) in [6, 6.07) is 1.19. The quantitative estimate of drug-likeness (QED) is 0.455. The minimum atomic E-state index is -0.906. The van der Waals surface area contributed by atoms with Gasteiger partial charge in [-0.05, 0) is 6.92 Å². The lowest BCUT2D eigenvalue weighted by Crippen LogP contribution is -2.39. The number of nitrogens with zero attached hydrogens (tertiary/aromatic N) is 2. The van der Waals surface area contributed by atoms with E-state index >= 15 is 0 Å². The molecule has 0 radical (unpaired) electrons. The molecule has 0 spiro atoms. The SMILES string of the molecule is C[C@@H](O)c1cc([N+](=O)[O-])c(N(CC(N)=O)CC(N)=O)s1. The number of nitrogens with two attached hydrogens (primary N) is 2. The van der Waals surface area contributed by atoms with Crippen molar-refractivity contribution >= 4 is 33.8 Å². The van der Waals surface area contributed by atoms with E-state index < -0.39 is 22.8 Å². The first-order valence-corrected chi connectivity index (χ1v) is 6.31. The van der Waals surface area contributed by atoms with E-state index in [1.54, 1.807) is 0 Å². The number of hydrogen-bond donors (Lipinski definition) is 3. The number of primary amides is 2. The zero-order chi connectivity index (χ0) is 15.4. The summed E-state index contributed by atoms with van der Waals surface area (Å²) in [5, 5.41) is 20.5. The van der Waals surface area contributed by atoms with Gasteiger partial charge in [-0.3, -0.25) is 19.7 Å². The molecule has 0 aliphatic carbocycles. The van der Waals surface area contributed by atoms with Gasteiger partial charge in [-0.2, -0.15) is 0 Å². The molecular weight excluding hydrogens is 288 g/mol. The largest absolute Gasteiger partial charge is 0.388 e. The van der Waals surface area contributed by atoms with Gasteiger partial charge in [-0.15, -0.1) is 11.3 Å². The highest BCUT2D eigenvalue weighted by molar-refractivity contribution is 7.16. The fraction of sp³-hybridized carbons (Fsp3) is 0.400. The zero-order valence-corrected chi connectivity index (χ0v) is 11.4. The van der Waals surface area contributed by atoms with E-state index in [0.29, 0.717) is 4.88 Å². The summed E-state index contributed by atoms with van der Waals surface area (Å²) in [7, 11) is 0. The molecule has 0 aromatic carbocycles. The molecule has 2 amide bonds. The minimum Gasteiger partial charge on any atom is -0.388 e. The molecule has 0 unspecified atom stereocenters. The maximum atomic E-state index is 11.0. The molecule has 1 heterocycles. The van der Waals surface area contributed by atoms with Crippen LogP contribution in [0.5, 0.6) is 0 Å². The van der Waals surface area contributed by atoms with Crippen LogP contribution in [-0.4, -0.2) is 34.9 Å². The molecule has 1 aromatic heterocycles. The van der Waals surface area contributed by atoms with Gasteiger partial charge in [-0.25, -0.2) is 0 Å². The normalized spacial score (nSPS) is 11.9. The van der Waals surface area contributed by atoms with Crippen molar-refractivity contribution in [3.05, 3.63) is 21.1 Å². The van der Waals surface area contributed by atoms with Crippen LogP contribution in [0.1, 0.15) is 17.9 Å². The third kappa shape index (κ3) is 3.90. The summed E-state index contributed by atoms with van der Waals surface area (Å²) in [6.07, 6.45) is -0.906. The molecule has 10 heteroatoms. The Kier molecular flexibility index (Phi) is 5.00. The highest BCUT2D eigenvalue weighted by Gasteiger charge is 2.27. The first-order valence-electron chi connectivity index (χ1n) is 5.50. The van der Waals surface area contributed by atoms with Crippen LogP contribution in [0.15, 0.2) is 6.07 Å². The second kappa shape index (κ2) is 6.30. The Morgan fingerprint density at radius 3 is 2.30 bits per heavy atom. The van der Waals surface area contributed by atoms with Crippen molar-refractivity contribution in [2.75, 3.05) is 18.0 Å². The topological polar surface area (TPSA) is 153 Å². The number of aliphatic hydroxyl groups excluding tert-OH is 1. The van der Waals surface area contributed by atoms with E-state index in [4.69, 9.17) is 11.5 Å². The highest BCUT2D eigenvalue weighted by atomic mass is 32.1. The molecule has 20 heavy (non-hydrogen) atoms. The lowest BCUT2D eigenvalue weighted by molar-refractivity contribution is -0.383. The van der Waals surface area contributed by atoms with Gasteiger partial charge in [0.05, 0.1) is 24.1 Å². The number of rotatable bonds is 7. The summed E-state index contributed by atoms with van der Waals surface area (Å²) < 4.78 is 0. The van der Waals surface area contributed by atoms with E-state index in [-0.39, 0.29) is 23.8 Å². The molecule has 1 aromatic rings. The molecule has 5 N–H and O–H groups in total. The summed E-state index contributed by atoms with van der Waals surface area (Å²) in [6.45, 7) is 0.679. The third-order valence-electron chi connectivity index (χ3n) is 2.30. The number of carbonyl (C=O) groups is 2. The molecule has 0 saturated heterocycles. The van der Waals surface area contributed by atoms with Gasteiger partial charge in [0.15, 0.2) is 5.00 Å². The van der Waals surface area contributed by atoms with Crippen LogP contribution in [0.4, 0.5) is 10.7 Å². The Hall–Kier alpha value is -2.20. The lowest BCUT2D eigenvalue weighted by Gasteiger charge is -2.18. The van der Waals surface area contributed by atoms with Crippen LogP contribution in [-0.2, 0) is 9.59 Å². The van der Waals surface area contributed by atoms with E-state index in [0.717, 1.165) is 16.2 Å². The van der Waals surface area contributed by atoms with E-state index in [1.807, 2.05) is 0 Å². The van der Waals surface area contributed by atoms with Crippen molar-refractivity contribution in [2.45, 2.75) is 13.0 Å². The number of hydrogen-bond acceptors (Lipinski definition) is 7. The minimum absolute atomic E-state index is 0.0588. The Morgan fingerprint density at radius 2 is 1.95 bits per heavy atom. The van der Waals surface area contributed by atoms with Crippen LogP contribution in [0.25, 0.3) is 0 Å². The van der Waals surface area contributed by atoms with Crippen molar-refractivity contribution < 1.29 is 19.6 Å². The second-order valence-electron chi connectivity index (χ2n) is 4.06. The average Bonchev–Trinajstić information content (AvgIpc) is 2.71. The number of amides is 2. The molecule has 0 saturated carbocycles. The molecule has 0 aliphatic rings. The number of nitro groups is 1. The van der Waals surface area contributed by atoms with E-state index in [9.17, 15) is 24.8 Å². The molecule has 0 aliphatic heterocycles. The maximum absolute atomic E-state index is 11.0. The second-order valence-corrected chi connectivity index (χ2v) is 5.12. The fourth-order valence-corrected chi connectivity index (χ4v) is 2.59. The van der Waals surface area contributed by atoms with Gasteiger partial charge in [0.1, 0.15) is 0 Å². The van der Waals surface area contributed by atoms with Crippen molar-refractivity contribution in [3.63, 3.8) is 0 Å². The van der Waals surface area contributed by atoms with Gasteiger partial charge in [-0.1, -0.05) is 0 Å². The lowest BCUT2D eigenvalue weighted by atomic mass is 10.3. The average molecular weight is 302 g/mol. The van der Waals surface area contributed by atoms with Gasteiger partial charge in [0, 0.05) is 10.9 Å². The number of thiophene rings is 1. The first kappa shape index (κ1) is 15.9. The molecule has 0 bridgehead atoms. The van der Waals surface area contributed by atoms with Crippen molar-refractivity contribution in [1.29, 1.82) is 0 Å². The third-order valence-corrected chi connectivity index (χ3v) is 3.66. The van der Waals surface area contributed by atoms with Crippen LogP contribution in [0.2, 0.25) is 0 Å². The first-order chi connectivity index (χ1) is 9.22. The number of aliphatic hydroxyl groups is 1. The van der Waals surface area contributed by atoms with Gasteiger partial charge in [0.2, 0.25) is 11.8 Å². The van der Waals surface area contributed by atoms with Crippen molar-refractivity contribution in [2.24, 2.45) is 11.5 Å². The molecule has 1 atom stereocenters. The monoisotopic (exact) mass is 302 g/mol. The molecular formula is C10H14N4O5S. The van der Waals surface area contributed by atoms with Crippen LogP contribution < -0.4 is 16.4 Å². The Bertz CT molecular complexity index is 526. The van der Waals surface area contributed by atoms with Crippen LogP contribution in [0.3, 0.4) is 0 Å². The van der Waals surface area contributed by atoms with Gasteiger partial charge < -0.3 is 21.5 Å².